The predicted octanol–water partition coefficient (Wildman–Crippen LogP) is 6.86. The first kappa shape index (κ1) is 23.2. The summed E-state index contributed by atoms with van der Waals surface area (Å²) in [6, 6.07) is 0. The van der Waals surface area contributed by atoms with Crippen molar-refractivity contribution in [1.29, 1.82) is 0 Å². The summed E-state index contributed by atoms with van der Waals surface area (Å²) in [5.74, 6) is -0.0748. The normalized spacial score (nSPS) is 12.6. The molecule has 0 aromatic carbocycles. The van der Waals surface area contributed by atoms with E-state index in [4.69, 9.17) is 4.74 Å². The zero-order chi connectivity index (χ0) is 18.4. The summed E-state index contributed by atoms with van der Waals surface area (Å²) in [5, 5.41) is 0. The summed E-state index contributed by atoms with van der Waals surface area (Å²) in [6.07, 6.45) is 30.2. The van der Waals surface area contributed by atoms with Gasteiger partial charge in [-0.2, -0.15) is 0 Å². The van der Waals surface area contributed by atoms with Crippen molar-refractivity contribution < 1.29 is 9.53 Å². The third-order valence-corrected chi connectivity index (χ3v) is 3.38. The van der Waals surface area contributed by atoms with Crippen LogP contribution in [0.1, 0.15) is 71.6 Å². The molecular formula is C23H36O2. The molecule has 0 fully saturated rings. The predicted molar refractivity (Wildman–Crippen MR) is 110 cm³/mol. The van der Waals surface area contributed by atoms with Crippen LogP contribution < -0.4 is 0 Å². The van der Waals surface area contributed by atoms with Crippen LogP contribution in [0.4, 0.5) is 0 Å². The largest absolute Gasteiger partial charge is 0.466 e. The minimum absolute atomic E-state index is 0.0748. The molecule has 0 aromatic heterocycles. The number of allylic oxidation sites excluding steroid dienone is 10. The molecule has 0 heterocycles. The minimum atomic E-state index is -0.0748. The summed E-state index contributed by atoms with van der Waals surface area (Å²) < 4.78 is 5.03. The standard InChI is InChI=1S/C23H36O2/c1-3-5-6-7-8-9-10-11-12-13-14-15-16-17-18-19-20-21-23(24)25-22-4-2/h5-6,8-9,11-12,14-15,17-18H,3-4,7,10,13,16,19-22H2,1-2H3/b6-5+,9-8+,12-11+,15-14+,18-17+. The second-order valence-corrected chi connectivity index (χ2v) is 5.82. The molecule has 0 aliphatic rings. The van der Waals surface area contributed by atoms with Gasteiger partial charge in [0.25, 0.3) is 0 Å². The molecule has 0 aromatic rings. The Morgan fingerprint density at radius 3 is 1.68 bits per heavy atom. The van der Waals surface area contributed by atoms with Crippen LogP contribution in [0.25, 0.3) is 0 Å². The maximum Gasteiger partial charge on any atom is 0.305 e. The Hall–Kier alpha value is -1.83. The Kier molecular flexibility index (Phi) is 18.7. The van der Waals surface area contributed by atoms with Crippen molar-refractivity contribution in [3.8, 4) is 0 Å². The van der Waals surface area contributed by atoms with Crippen molar-refractivity contribution >= 4 is 5.97 Å². The third kappa shape index (κ3) is 20.1. The molecule has 0 aliphatic heterocycles. The van der Waals surface area contributed by atoms with Crippen LogP contribution in [-0.4, -0.2) is 12.6 Å². The van der Waals surface area contributed by atoms with E-state index >= 15 is 0 Å². The van der Waals surface area contributed by atoms with Gasteiger partial charge in [0.15, 0.2) is 0 Å². The Labute approximate surface area is 155 Å². The molecule has 0 atom stereocenters. The molecule has 0 spiro atoms. The first-order valence-electron chi connectivity index (χ1n) is 9.71. The molecular weight excluding hydrogens is 308 g/mol. The molecule has 2 nitrogen and oxygen atoms in total. The van der Waals surface area contributed by atoms with Gasteiger partial charge in [0, 0.05) is 6.42 Å². The number of rotatable bonds is 15. The zero-order valence-corrected chi connectivity index (χ0v) is 16.2. The molecule has 0 bridgehead atoms. The minimum Gasteiger partial charge on any atom is -0.466 e. The van der Waals surface area contributed by atoms with E-state index in [2.05, 4.69) is 67.7 Å². The molecule has 0 unspecified atom stereocenters. The van der Waals surface area contributed by atoms with Crippen LogP contribution in [0.3, 0.4) is 0 Å². The molecule has 0 amide bonds. The van der Waals surface area contributed by atoms with Gasteiger partial charge in [-0.05, 0) is 51.4 Å². The number of hydrogen-bond donors (Lipinski definition) is 0. The maximum absolute atomic E-state index is 11.3. The van der Waals surface area contributed by atoms with Crippen LogP contribution in [-0.2, 0) is 9.53 Å². The lowest BCUT2D eigenvalue weighted by molar-refractivity contribution is -0.143. The average Bonchev–Trinajstić information content (AvgIpc) is 2.62. The highest BCUT2D eigenvalue weighted by molar-refractivity contribution is 5.69. The quantitative estimate of drug-likeness (QED) is 0.184. The highest BCUT2D eigenvalue weighted by atomic mass is 16.5. The number of carbonyl (C=O) groups excluding carboxylic acids is 1. The van der Waals surface area contributed by atoms with Gasteiger partial charge in [-0.25, -0.2) is 0 Å². The fourth-order valence-corrected chi connectivity index (χ4v) is 2.02. The lowest BCUT2D eigenvalue weighted by Crippen LogP contribution is -2.04. The van der Waals surface area contributed by atoms with Crippen molar-refractivity contribution in [2.45, 2.75) is 71.6 Å². The average molecular weight is 345 g/mol. The van der Waals surface area contributed by atoms with Gasteiger partial charge < -0.3 is 4.74 Å². The topological polar surface area (TPSA) is 26.3 Å². The van der Waals surface area contributed by atoms with Gasteiger partial charge in [-0.3, -0.25) is 4.79 Å². The Morgan fingerprint density at radius 2 is 1.20 bits per heavy atom. The molecule has 2 heteroatoms. The highest BCUT2D eigenvalue weighted by Gasteiger charge is 1.99. The van der Waals surface area contributed by atoms with Gasteiger partial charge in [-0.15, -0.1) is 0 Å². The number of ether oxygens (including phenoxy) is 1. The second kappa shape index (κ2) is 20.2. The molecule has 0 N–H and O–H groups in total. The van der Waals surface area contributed by atoms with E-state index < -0.39 is 0 Å². The summed E-state index contributed by atoms with van der Waals surface area (Å²) >= 11 is 0. The van der Waals surface area contributed by atoms with E-state index in [0.717, 1.165) is 51.4 Å². The smallest absolute Gasteiger partial charge is 0.305 e. The van der Waals surface area contributed by atoms with E-state index in [9.17, 15) is 4.79 Å². The fourth-order valence-electron chi connectivity index (χ4n) is 2.02. The molecule has 0 radical (unpaired) electrons. The van der Waals surface area contributed by atoms with Crippen LogP contribution in [0.15, 0.2) is 60.8 Å². The lowest BCUT2D eigenvalue weighted by Gasteiger charge is -2.00. The van der Waals surface area contributed by atoms with Gasteiger partial charge in [-0.1, -0.05) is 74.6 Å². The van der Waals surface area contributed by atoms with Gasteiger partial charge in [0.1, 0.15) is 0 Å². The molecule has 0 aliphatic carbocycles. The Balaban J connectivity index is 3.49. The number of carbonyl (C=O) groups is 1. The van der Waals surface area contributed by atoms with Crippen LogP contribution in [0.5, 0.6) is 0 Å². The maximum atomic E-state index is 11.3. The first-order valence-corrected chi connectivity index (χ1v) is 9.71. The van der Waals surface area contributed by atoms with Crippen molar-refractivity contribution in [1.82, 2.24) is 0 Å². The van der Waals surface area contributed by atoms with Gasteiger partial charge in [0.05, 0.1) is 6.61 Å². The molecule has 140 valence electrons. The fraction of sp³-hybridized carbons (Fsp3) is 0.522. The Bertz CT molecular complexity index is 439. The van der Waals surface area contributed by atoms with Gasteiger partial charge in [0.2, 0.25) is 0 Å². The Morgan fingerprint density at radius 1 is 0.720 bits per heavy atom. The molecule has 25 heavy (non-hydrogen) atoms. The van der Waals surface area contributed by atoms with Crippen molar-refractivity contribution in [2.75, 3.05) is 6.61 Å². The van der Waals surface area contributed by atoms with E-state index in [1.807, 2.05) is 6.92 Å². The summed E-state index contributed by atoms with van der Waals surface area (Å²) in [4.78, 5) is 11.3. The molecule has 0 saturated heterocycles. The van der Waals surface area contributed by atoms with E-state index in [1.54, 1.807) is 0 Å². The van der Waals surface area contributed by atoms with E-state index in [0.29, 0.717) is 13.0 Å². The first-order chi connectivity index (χ1) is 12.3. The zero-order valence-electron chi connectivity index (χ0n) is 16.2. The SMILES string of the molecule is CC/C=C/C/C=C/C/C=C/C/C=C/C/C=C/CCCC(=O)OCCC. The summed E-state index contributed by atoms with van der Waals surface area (Å²) in [5.41, 5.74) is 0. The summed E-state index contributed by atoms with van der Waals surface area (Å²) in [6.45, 7) is 4.70. The number of unbranched alkanes of at least 4 members (excludes halogenated alkanes) is 1. The second-order valence-electron chi connectivity index (χ2n) is 5.82. The van der Waals surface area contributed by atoms with Crippen LogP contribution in [0.2, 0.25) is 0 Å². The van der Waals surface area contributed by atoms with Gasteiger partial charge >= 0.3 is 5.97 Å². The van der Waals surface area contributed by atoms with Crippen LogP contribution in [0, 0.1) is 0 Å². The van der Waals surface area contributed by atoms with E-state index in [-0.39, 0.29) is 5.97 Å². The monoisotopic (exact) mass is 344 g/mol. The lowest BCUT2D eigenvalue weighted by atomic mass is 10.2. The van der Waals surface area contributed by atoms with Crippen LogP contribution >= 0.6 is 0 Å². The number of hydrogen-bond acceptors (Lipinski definition) is 2. The van der Waals surface area contributed by atoms with Crippen molar-refractivity contribution in [3.63, 3.8) is 0 Å². The molecule has 0 saturated carbocycles. The third-order valence-electron chi connectivity index (χ3n) is 3.38. The van der Waals surface area contributed by atoms with Crippen molar-refractivity contribution in [2.24, 2.45) is 0 Å². The van der Waals surface area contributed by atoms with Crippen molar-refractivity contribution in [3.05, 3.63) is 60.8 Å². The summed E-state index contributed by atoms with van der Waals surface area (Å²) in [7, 11) is 0. The highest BCUT2D eigenvalue weighted by Crippen LogP contribution is 2.01. The van der Waals surface area contributed by atoms with E-state index in [1.165, 1.54) is 0 Å². The number of esters is 1. The molecule has 0 rings (SSSR count).